The Morgan fingerprint density at radius 2 is 2.00 bits per heavy atom. The molecule has 0 saturated carbocycles. The minimum absolute atomic E-state index is 0.0160. The van der Waals surface area contributed by atoms with Crippen molar-refractivity contribution in [3.05, 3.63) is 70.2 Å². The van der Waals surface area contributed by atoms with E-state index in [9.17, 15) is 19.7 Å². The van der Waals surface area contributed by atoms with Gasteiger partial charge in [0.1, 0.15) is 11.9 Å². The highest BCUT2D eigenvalue weighted by molar-refractivity contribution is 5.86. The van der Waals surface area contributed by atoms with E-state index in [-0.39, 0.29) is 23.6 Å². The zero-order valence-electron chi connectivity index (χ0n) is 20.4. The van der Waals surface area contributed by atoms with Crippen LogP contribution in [0.2, 0.25) is 0 Å². The van der Waals surface area contributed by atoms with Crippen LogP contribution >= 0.6 is 0 Å². The second kappa shape index (κ2) is 10.2. The normalized spacial score (nSPS) is 16.2. The summed E-state index contributed by atoms with van der Waals surface area (Å²) in [5.41, 5.74) is 3.69. The van der Waals surface area contributed by atoms with E-state index in [4.69, 9.17) is 5.11 Å². The van der Waals surface area contributed by atoms with Gasteiger partial charge in [0, 0.05) is 18.2 Å². The number of carboxylic acid groups (broad SMARTS) is 1. The number of hydrogen-bond donors (Lipinski definition) is 3. The summed E-state index contributed by atoms with van der Waals surface area (Å²) in [5, 5.41) is 23.2. The average molecular weight is 492 g/mol. The van der Waals surface area contributed by atoms with E-state index in [0.29, 0.717) is 30.0 Å². The van der Waals surface area contributed by atoms with Crippen LogP contribution in [0.3, 0.4) is 0 Å². The fourth-order valence-corrected chi connectivity index (χ4v) is 4.70. The number of H-pyrrole nitrogens is 1. The zero-order chi connectivity index (χ0) is 26.0. The highest BCUT2D eigenvalue weighted by Crippen LogP contribution is 2.36. The monoisotopic (exact) mass is 491 g/mol. The van der Waals surface area contributed by atoms with Crippen LogP contribution in [0.5, 0.6) is 0 Å². The van der Waals surface area contributed by atoms with Crippen molar-refractivity contribution in [2.45, 2.75) is 45.7 Å². The standard InChI is InChI=1S/C26H29N5O5/c1-15(2)23(29-26(33)34)25(32)30-11-5-8-22(30)24-27-14-20(28-24)18-9-10-21(31(35)36)19(13-18)17-7-4-6-16(3)12-17/h4,6-7,9-10,12-15,22-23,29H,5,8,11H2,1-3H3,(H,27,28)(H,33,34)/t22-,23-/m0/s1. The van der Waals surface area contributed by atoms with Crippen LogP contribution in [0.15, 0.2) is 48.7 Å². The molecule has 1 aliphatic rings. The van der Waals surface area contributed by atoms with Crippen LogP contribution < -0.4 is 5.32 Å². The maximum absolute atomic E-state index is 13.2. The van der Waals surface area contributed by atoms with Crippen molar-refractivity contribution in [3.63, 3.8) is 0 Å². The van der Waals surface area contributed by atoms with E-state index >= 15 is 0 Å². The van der Waals surface area contributed by atoms with Gasteiger partial charge in [0.05, 0.1) is 28.4 Å². The van der Waals surface area contributed by atoms with Crippen molar-refractivity contribution in [2.75, 3.05) is 6.54 Å². The van der Waals surface area contributed by atoms with Gasteiger partial charge in [-0.15, -0.1) is 0 Å². The van der Waals surface area contributed by atoms with Gasteiger partial charge in [-0.2, -0.15) is 0 Å². The van der Waals surface area contributed by atoms with Crippen molar-refractivity contribution in [1.82, 2.24) is 20.2 Å². The smallest absolute Gasteiger partial charge is 0.405 e. The lowest BCUT2D eigenvalue weighted by atomic mass is 9.98. The number of nitro groups is 1. The molecule has 0 bridgehead atoms. The largest absolute Gasteiger partial charge is 0.465 e. The van der Waals surface area contributed by atoms with Crippen LogP contribution in [-0.4, -0.2) is 49.5 Å². The summed E-state index contributed by atoms with van der Waals surface area (Å²) in [6.45, 7) is 6.05. The lowest BCUT2D eigenvalue weighted by Crippen LogP contribution is -2.50. The quantitative estimate of drug-likeness (QED) is 0.316. The van der Waals surface area contributed by atoms with Gasteiger partial charge in [-0.05, 0) is 43.4 Å². The van der Waals surface area contributed by atoms with E-state index in [0.717, 1.165) is 23.1 Å². The SMILES string of the molecule is Cc1cccc(-c2cc(-c3cnc([C@@H]4CCCN4C(=O)[C@@H](NC(=O)O)C(C)C)[nH]3)ccc2[N+](=O)[O-])c1. The molecule has 3 N–H and O–H groups in total. The molecule has 2 atom stereocenters. The summed E-state index contributed by atoms with van der Waals surface area (Å²) in [6, 6.07) is 11.3. The maximum Gasteiger partial charge on any atom is 0.405 e. The Morgan fingerprint density at radius 3 is 2.67 bits per heavy atom. The van der Waals surface area contributed by atoms with Crippen molar-refractivity contribution in [3.8, 4) is 22.4 Å². The average Bonchev–Trinajstić information content (AvgIpc) is 3.51. The number of amides is 2. The number of imidazole rings is 1. The third-order valence-corrected chi connectivity index (χ3v) is 6.49. The minimum atomic E-state index is -1.24. The van der Waals surface area contributed by atoms with Gasteiger partial charge in [0.25, 0.3) is 5.69 Å². The molecule has 1 saturated heterocycles. The molecule has 1 fully saturated rings. The summed E-state index contributed by atoms with van der Waals surface area (Å²) in [4.78, 5) is 45.2. The summed E-state index contributed by atoms with van der Waals surface area (Å²) >= 11 is 0. The highest BCUT2D eigenvalue weighted by atomic mass is 16.6. The first-order chi connectivity index (χ1) is 17.2. The molecule has 3 aromatic rings. The number of benzene rings is 2. The van der Waals surface area contributed by atoms with Crippen LogP contribution in [0.4, 0.5) is 10.5 Å². The van der Waals surface area contributed by atoms with Crippen molar-refractivity contribution >= 4 is 17.7 Å². The number of nitrogens with zero attached hydrogens (tertiary/aromatic N) is 3. The second-order valence-electron chi connectivity index (χ2n) is 9.40. The molecule has 10 heteroatoms. The molecule has 2 aromatic carbocycles. The predicted molar refractivity (Wildman–Crippen MR) is 134 cm³/mol. The van der Waals surface area contributed by atoms with Gasteiger partial charge >= 0.3 is 6.09 Å². The van der Waals surface area contributed by atoms with Crippen LogP contribution in [0.25, 0.3) is 22.4 Å². The maximum atomic E-state index is 13.2. The molecule has 1 aromatic heterocycles. The third-order valence-electron chi connectivity index (χ3n) is 6.49. The molecular formula is C26H29N5O5. The summed E-state index contributed by atoms with van der Waals surface area (Å²) in [5.74, 6) is 0.122. The van der Waals surface area contributed by atoms with Crippen molar-refractivity contribution in [2.24, 2.45) is 5.92 Å². The Bertz CT molecular complexity index is 1300. The lowest BCUT2D eigenvalue weighted by Gasteiger charge is -2.29. The Labute approximate surface area is 208 Å². The molecule has 2 amide bonds. The number of aromatic nitrogens is 2. The van der Waals surface area contributed by atoms with Crippen molar-refractivity contribution < 1.29 is 19.6 Å². The summed E-state index contributed by atoms with van der Waals surface area (Å²) < 4.78 is 0. The summed E-state index contributed by atoms with van der Waals surface area (Å²) in [7, 11) is 0. The van der Waals surface area contributed by atoms with Crippen LogP contribution in [-0.2, 0) is 4.79 Å². The van der Waals surface area contributed by atoms with Gasteiger partial charge in [-0.3, -0.25) is 14.9 Å². The van der Waals surface area contributed by atoms with E-state index in [1.807, 2.05) is 31.2 Å². The lowest BCUT2D eigenvalue weighted by molar-refractivity contribution is -0.384. The summed E-state index contributed by atoms with van der Waals surface area (Å²) in [6.07, 6.45) is 1.90. The molecule has 0 spiro atoms. The number of nitro benzene ring substituents is 1. The molecule has 0 unspecified atom stereocenters. The fourth-order valence-electron chi connectivity index (χ4n) is 4.70. The zero-order valence-corrected chi connectivity index (χ0v) is 20.4. The van der Waals surface area contributed by atoms with Crippen LogP contribution in [0.1, 0.15) is 44.1 Å². The van der Waals surface area contributed by atoms with Gasteiger partial charge in [0.2, 0.25) is 5.91 Å². The number of nitrogens with one attached hydrogen (secondary N) is 2. The van der Waals surface area contributed by atoms with E-state index < -0.39 is 17.1 Å². The molecule has 2 heterocycles. The van der Waals surface area contributed by atoms with Gasteiger partial charge in [-0.1, -0.05) is 43.7 Å². The van der Waals surface area contributed by atoms with Gasteiger partial charge in [-0.25, -0.2) is 9.78 Å². The molecule has 4 rings (SSSR count). The minimum Gasteiger partial charge on any atom is -0.465 e. The third kappa shape index (κ3) is 5.07. The first kappa shape index (κ1) is 24.9. The Morgan fingerprint density at radius 1 is 1.22 bits per heavy atom. The predicted octanol–water partition coefficient (Wildman–Crippen LogP) is 4.92. The molecule has 188 valence electrons. The van der Waals surface area contributed by atoms with Gasteiger partial charge in [0.15, 0.2) is 0 Å². The fraction of sp³-hybridized carbons (Fsp3) is 0.346. The second-order valence-corrected chi connectivity index (χ2v) is 9.40. The molecule has 36 heavy (non-hydrogen) atoms. The number of rotatable bonds is 7. The van der Waals surface area contributed by atoms with E-state index in [1.54, 1.807) is 37.1 Å². The van der Waals surface area contributed by atoms with Crippen LogP contribution in [0, 0.1) is 23.0 Å². The Balaban J connectivity index is 1.64. The van der Waals surface area contributed by atoms with E-state index in [1.165, 1.54) is 6.07 Å². The van der Waals surface area contributed by atoms with Gasteiger partial charge < -0.3 is 20.3 Å². The molecule has 10 nitrogen and oxygen atoms in total. The number of carbonyl (C=O) groups is 2. The number of carbonyl (C=O) groups excluding carboxylic acids is 1. The highest BCUT2D eigenvalue weighted by Gasteiger charge is 2.37. The molecule has 0 aliphatic carbocycles. The first-order valence-corrected chi connectivity index (χ1v) is 11.9. The number of aryl methyl sites for hydroxylation is 1. The van der Waals surface area contributed by atoms with Crippen molar-refractivity contribution in [1.29, 1.82) is 0 Å². The molecule has 1 aliphatic heterocycles. The molecule has 0 radical (unpaired) electrons. The number of likely N-dealkylation sites (tertiary alicyclic amines) is 1. The number of hydrogen-bond acceptors (Lipinski definition) is 5. The molecular weight excluding hydrogens is 462 g/mol. The number of aromatic amines is 1. The first-order valence-electron chi connectivity index (χ1n) is 11.9. The van der Waals surface area contributed by atoms with E-state index in [2.05, 4.69) is 15.3 Å². The topological polar surface area (TPSA) is 141 Å². The Hall–Kier alpha value is -4.21. The Kier molecular flexibility index (Phi) is 7.05.